The molecule has 3 saturated carbocycles. The van der Waals surface area contributed by atoms with Gasteiger partial charge in [-0.2, -0.15) is 0 Å². The summed E-state index contributed by atoms with van der Waals surface area (Å²) in [5.74, 6) is -0.435. The summed E-state index contributed by atoms with van der Waals surface area (Å²) in [6.45, 7) is 23.7. The zero-order chi connectivity index (χ0) is 48.3. The molecule has 9 unspecified atom stereocenters. The summed E-state index contributed by atoms with van der Waals surface area (Å²) in [5, 5.41) is 46.8. The number of fused-ring (bicyclic) bond motifs is 5. The van der Waals surface area contributed by atoms with E-state index in [-0.39, 0.29) is 47.0 Å². The summed E-state index contributed by atoms with van der Waals surface area (Å²) in [5.41, 5.74) is -0.400. The van der Waals surface area contributed by atoms with Crippen LogP contribution in [0.15, 0.2) is 35.9 Å². The second-order valence-corrected chi connectivity index (χ2v) is 28.1. The highest BCUT2D eigenvalue weighted by molar-refractivity contribution is 6.74. The maximum absolute atomic E-state index is 14.3. The van der Waals surface area contributed by atoms with Gasteiger partial charge in [-0.3, -0.25) is 4.79 Å². The largest absolute Gasteiger partial charge is 0.497 e. The molecular weight excluding hydrogens is 861 g/mol. The van der Waals surface area contributed by atoms with Crippen LogP contribution in [-0.4, -0.2) is 122 Å². The number of hydrogen-bond donors (Lipinski definition) is 4. The van der Waals surface area contributed by atoms with Crippen molar-refractivity contribution < 1.29 is 62.9 Å². The van der Waals surface area contributed by atoms with Crippen LogP contribution in [0.4, 0.5) is 0 Å². The van der Waals surface area contributed by atoms with E-state index < -0.39 is 86.3 Å². The maximum atomic E-state index is 14.3. The van der Waals surface area contributed by atoms with E-state index in [0.29, 0.717) is 36.3 Å². The molecule has 13 nitrogen and oxygen atoms in total. The molecule has 0 amide bonds. The maximum Gasteiger partial charge on any atom is 0.338 e. The SMILES string of the molecule is COc1ccc(C(=O)OC2C(OC3C(O)COC(O[C@H]4C[C@H]5[C@@H]6CC=C7C[C@@H](O[Si](C)(C)C(C)(C)C)CC[C@]7(C)C6CC[C@]5(C)[C@@]4(O)[C@H](C)C(=O)CCC(C)C)C3C)OCC(O)C2O)cc1. The molecule has 0 radical (unpaired) electrons. The number of benzene rings is 1. The Bertz CT molecular complexity index is 1900. The van der Waals surface area contributed by atoms with Gasteiger partial charge in [-0.25, -0.2) is 4.79 Å². The van der Waals surface area contributed by atoms with E-state index >= 15 is 0 Å². The van der Waals surface area contributed by atoms with Crippen molar-refractivity contribution in [3.63, 3.8) is 0 Å². The zero-order valence-electron chi connectivity index (χ0n) is 41.8. The molecule has 1 aromatic rings. The molecule has 66 heavy (non-hydrogen) atoms. The summed E-state index contributed by atoms with van der Waals surface area (Å²) >= 11 is 0. The molecule has 2 heterocycles. The van der Waals surface area contributed by atoms with E-state index in [9.17, 15) is 30.0 Å². The smallest absolute Gasteiger partial charge is 0.338 e. The molecule has 6 aliphatic rings. The van der Waals surface area contributed by atoms with E-state index in [1.54, 1.807) is 12.1 Å². The average Bonchev–Trinajstić information content (AvgIpc) is 3.49. The number of carbonyl (C=O) groups is 2. The van der Waals surface area contributed by atoms with Crippen molar-refractivity contribution in [1.29, 1.82) is 0 Å². The van der Waals surface area contributed by atoms with Crippen LogP contribution in [0, 0.1) is 46.3 Å². The van der Waals surface area contributed by atoms with Crippen LogP contribution in [0.3, 0.4) is 0 Å². The molecular formula is C52H82O13Si. The highest BCUT2D eigenvalue weighted by atomic mass is 28.4. The quantitative estimate of drug-likeness (QED) is 0.0809. The van der Waals surface area contributed by atoms with Gasteiger partial charge in [-0.1, -0.05) is 74.0 Å². The minimum atomic E-state index is -1.94. The number of aliphatic hydroxyl groups is 4. The lowest BCUT2D eigenvalue weighted by molar-refractivity contribution is -0.333. The highest BCUT2D eigenvalue weighted by Gasteiger charge is 2.70. The number of ketones is 1. The lowest BCUT2D eigenvalue weighted by Gasteiger charge is -2.60. The summed E-state index contributed by atoms with van der Waals surface area (Å²) in [6.07, 6.45) is 0.503. The van der Waals surface area contributed by atoms with Gasteiger partial charge in [0.1, 0.15) is 35.4 Å². The van der Waals surface area contributed by atoms with E-state index in [2.05, 4.69) is 67.6 Å². The van der Waals surface area contributed by atoms with Crippen LogP contribution in [0.2, 0.25) is 18.1 Å². The van der Waals surface area contributed by atoms with Crippen molar-refractivity contribution in [3.05, 3.63) is 41.5 Å². The first-order valence-electron chi connectivity index (χ1n) is 24.9. The van der Waals surface area contributed by atoms with Gasteiger partial charge < -0.3 is 53.3 Å². The molecule has 7 rings (SSSR count). The topological polar surface area (TPSA) is 180 Å². The number of ether oxygens (including phenoxy) is 6. The fourth-order valence-corrected chi connectivity index (χ4v) is 14.1. The third-order valence-corrected chi connectivity index (χ3v) is 22.6. The molecule has 2 aliphatic heterocycles. The number of Topliss-reactive ketones (excluding diaryl/α,β-unsaturated/α-hetero) is 1. The van der Waals surface area contributed by atoms with Crippen LogP contribution in [0.1, 0.15) is 130 Å². The molecule has 5 fully saturated rings. The first-order chi connectivity index (χ1) is 30.9. The third kappa shape index (κ3) is 9.52. The number of hydrogen-bond acceptors (Lipinski definition) is 13. The summed E-state index contributed by atoms with van der Waals surface area (Å²) < 4.78 is 43.5. The molecule has 2 saturated heterocycles. The van der Waals surface area contributed by atoms with Gasteiger partial charge in [0.05, 0.1) is 38.1 Å². The van der Waals surface area contributed by atoms with Gasteiger partial charge in [0.25, 0.3) is 0 Å². The molecule has 4 aliphatic carbocycles. The van der Waals surface area contributed by atoms with Crippen molar-refractivity contribution in [1.82, 2.24) is 0 Å². The van der Waals surface area contributed by atoms with Crippen LogP contribution >= 0.6 is 0 Å². The minimum Gasteiger partial charge on any atom is -0.497 e. The van der Waals surface area contributed by atoms with E-state index in [1.807, 2.05) is 13.8 Å². The number of rotatable bonds is 14. The van der Waals surface area contributed by atoms with Crippen LogP contribution in [0.25, 0.3) is 0 Å². The monoisotopic (exact) mass is 943 g/mol. The number of methoxy groups -OCH3 is 1. The van der Waals surface area contributed by atoms with E-state index in [4.69, 9.17) is 32.8 Å². The lowest BCUT2D eigenvalue weighted by Crippen LogP contribution is -2.62. The Hall–Kier alpha value is -2.24. The van der Waals surface area contributed by atoms with Crippen molar-refractivity contribution in [2.24, 2.45) is 46.3 Å². The standard InChI is InChI=1S/C52H82O13Si/c1-29(2)13-20-39(53)31(4)52(58)42(26-38-36-19-16-33-25-35(65-66(11,12)49(5,6)7)21-23-50(33,8)37(36)22-24-51(38,52)9)62-47-30(3)44(41(55)28-60-47)64-48-45(43(56)40(54)27-61-48)63-46(57)32-14-17-34(59-10)18-15-32/h14-18,29-31,35-38,40-45,47-48,54-56,58H,13,19-28H2,1-12H3/t30?,31-,35+,36-,37?,38+,40?,41?,42+,43?,44?,45?,47?,48?,50+,51+,52-/m1/s1. The predicted molar refractivity (Wildman–Crippen MR) is 251 cm³/mol. The van der Waals surface area contributed by atoms with Gasteiger partial charge in [0.2, 0.25) is 0 Å². The van der Waals surface area contributed by atoms with Gasteiger partial charge in [0, 0.05) is 29.8 Å². The normalized spacial score (nSPS) is 41.0. The first-order valence-corrected chi connectivity index (χ1v) is 27.8. The number of carbonyl (C=O) groups excluding carboxylic acids is 2. The minimum absolute atomic E-state index is 0.0284. The average molecular weight is 943 g/mol. The molecule has 0 aromatic heterocycles. The Balaban J connectivity index is 1.13. The van der Waals surface area contributed by atoms with Gasteiger partial charge >= 0.3 is 5.97 Å². The molecule has 14 heteroatoms. The Kier molecular flexibility index (Phi) is 15.3. The predicted octanol–water partition coefficient (Wildman–Crippen LogP) is 7.76. The summed E-state index contributed by atoms with van der Waals surface area (Å²) in [4.78, 5) is 27.6. The molecule has 0 spiro atoms. The van der Waals surface area contributed by atoms with Gasteiger partial charge in [-0.05, 0) is 123 Å². The summed E-state index contributed by atoms with van der Waals surface area (Å²) in [7, 11) is -0.425. The van der Waals surface area contributed by atoms with Crippen molar-refractivity contribution in [2.45, 2.75) is 199 Å². The highest BCUT2D eigenvalue weighted by Crippen LogP contribution is 2.69. The zero-order valence-corrected chi connectivity index (χ0v) is 42.8. The molecule has 4 N–H and O–H groups in total. The van der Waals surface area contributed by atoms with E-state index in [1.165, 1.54) is 24.8 Å². The first kappa shape index (κ1) is 51.6. The van der Waals surface area contributed by atoms with Crippen LogP contribution in [-0.2, 0) is 32.9 Å². The Labute approximate surface area is 394 Å². The third-order valence-electron chi connectivity index (χ3n) is 18.0. The van der Waals surface area contributed by atoms with Crippen molar-refractivity contribution in [3.8, 4) is 5.75 Å². The molecule has 1 aromatic carbocycles. The molecule has 17 atom stereocenters. The number of aliphatic hydroxyl groups excluding tert-OH is 3. The number of esters is 1. The molecule has 0 bridgehead atoms. The van der Waals surface area contributed by atoms with Crippen molar-refractivity contribution >= 4 is 20.1 Å². The molecule has 372 valence electrons. The fraction of sp³-hybridized carbons (Fsp3) is 0.808. The second kappa shape index (κ2) is 19.5. The van der Waals surface area contributed by atoms with Crippen LogP contribution < -0.4 is 4.74 Å². The van der Waals surface area contributed by atoms with Crippen molar-refractivity contribution in [2.75, 3.05) is 20.3 Å². The van der Waals surface area contributed by atoms with Crippen LogP contribution in [0.5, 0.6) is 5.75 Å². The second-order valence-electron chi connectivity index (χ2n) is 23.4. The Morgan fingerprint density at radius 3 is 2.23 bits per heavy atom. The van der Waals surface area contributed by atoms with Gasteiger partial charge in [-0.15, -0.1) is 0 Å². The van der Waals surface area contributed by atoms with E-state index in [0.717, 1.165) is 44.9 Å². The number of allylic oxidation sites excluding steroid dienone is 1. The Morgan fingerprint density at radius 2 is 1.58 bits per heavy atom. The lowest BCUT2D eigenvalue weighted by atomic mass is 9.46. The fourth-order valence-electron chi connectivity index (χ4n) is 12.7. The summed E-state index contributed by atoms with van der Waals surface area (Å²) in [6, 6.07) is 6.26. The van der Waals surface area contributed by atoms with Gasteiger partial charge in [0.15, 0.2) is 27.0 Å². The Morgan fingerprint density at radius 1 is 0.909 bits per heavy atom.